The zero-order chi connectivity index (χ0) is 17.0. The number of carbonyl (C=O) groups excluding carboxylic acids is 1. The van der Waals surface area contributed by atoms with Crippen molar-refractivity contribution in [2.75, 3.05) is 0 Å². The fraction of sp³-hybridized carbons (Fsp3) is 0.0952. The second-order valence-corrected chi connectivity index (χ2v) is 6.20. The van der Waals surface area contributed by atoms with Crippen LogP contribution in [0, 0.1) is 0 Å². The Morgan fingerprint density at radius 2 is 1.25 bits per heavy atom. The SMILES string of the molecule is CC(NC(=O)c1ccccc1Cl)(c1ccccc1)c1ccccc1. The topological polar surface area (TPSA) is 29.1 Å². The highest BCUT2D eigenvalue weighted by Gasteiger charge is 2.31. The fourth-order valence-electron chi connectivity index (χ4n) is 2.79. The van der Waals surface area contributed by atoms with E-state index in [1.54, 1.807) is 12.1 Å². The Morgan fingerprint density at radius 1 is 0.792 bits per heavy atom. The second kappa shape index (κ2) is 6.90. The summed E-state index contributed by atoms with van der Waals surface area (Å²) in [5, 5.41) is 3.60. The van der Waals surface area contributed by atoms with Gasteiger partial charge in [-0.25, -0.2) is 0 Å². The normalized spacial score (nSPS) is 11.1. The molecule has 2 nitrogen and oxygen atoms in total. The summed E-state index contributed by atoms with van der Waals surface area (Å²) in [5.74, 6) is -0.198. The molecule has 1 amide bonds. The summed E-state index contributed by atoms with van der Waals surface area (Å²) < 4.78 is 0. The van der Waals surface area contributed by atoms with Crippen molar-refractivity contribution in [1.82, 2.24) is 5.32 Å². The fourth-order valence-corrected chi connectivity index (χ4v) is 3.02. The van der Waals surface area contributed by atoms with Crippen molar-refractivity contribution >= 4 is 17.5 Å². The molecule has 3 aromatic carbocycles. The zero-order valence-electron chi connectivity index (χ0n) is 13.4. The van der Waals surface area contributed by atoms with Gasteiger partial charge >= 0.3 is 0 Å². The summed E-state index contributed by atoms with van der Waals surface area (Å²) in [5.41, 5.74) is 1.84. The van der Waals surface area contributed by atoms with Crippen LogP contribution in [0.3, 0.4) is 0 Å². The second-order valence-electron chi connectivity index (χ2n) is 5.79. The number of hydrogen-bond donors (Lipinski definition) is 1. The van der Waals surface area contributed by atoms with Crippen molar-refractivity contribution in [3.8, 4) is 0 Å². The molecule has 0 aliphatic carbocycles. The van der Waals surface area contributed by atoms with Gasteiger partial charge in [0.15, 0.2) is 0 Å². The maximum Gasteiger partial charge on any atom is 0.253 e. The molecule has 0 saturated carbocycles. The molecule has 120 valence electrons. The Balaban J connectivity index is 2.04. The minimum atomic E-state index is -0.654. The van der Waals surface area contributed by atoms with Gasteiger partial charge in [0.1, 0.15) is 0 Å². The van der Waals surface area contributed by atoms with Crippen LogP contribution in [-0.4, -0.2) is 5.91 Å². The van der Waals surface area contributed by atoms with Crippen LogP contribution in [0.4, 0.5) is 0 Å². The van der Waals surface area contributed by atoms with Crippen LogP contribution in [-0.2, 0) is 5.54 Å². The molecule has 0 saturated heterocycles. The van der Waals surface area contributed by atoms with Gasteiger partial charge < -0.3 is 5.32 Å². The van der Waals surface area contributed by atoms with E-state index in [-0.39, 0.29) is 5.91 Å². The van der Waals surface area contributed by atoms with Gasteiger partial charge in [-0.2, -0.15) is 0 Å². The van der Waals surface area contributed by atoms with Crippen LogP contribution in [0.1, 0.15) is 28.4 Å². The molecule has 0 heterocycles. The molecule has 1 N–H and O–H groups in total. The minimum Gasteiger partial charge on any atom is -0.339 e. The number of amides is 1. The lowest BCUT2D eigenvalue weighted by Gasteiger charge is -2.32. The third kappa shape index (κ3) is 3.19. The summed E-state index contributed by atoms with van der Waals surface area (Å²) in [7, 11) is 0. The van der Waals surface area contributed by atoms with Gasteiger partial charge in [-0.15, -0.1) is 0 Å². The van der Waals surface area contributed by atoms with E-state index in [9.17, 15) is 4.79 Å². The molecule has 0 atom stereocenters. The smallest absolute Gasteiger partial charge is 0.253 e. The first-order valence-electron chi connectivity index (χ1n) is 7.79. The first-order chi connectivity index (χ1) is 11.6. The number of halogens is 1. The quantitative estimate of drug-likeness (QED) is 0.711. The van der Waals surface area contributed by atoms with Gasteiger partial charge in [-0.3, -0.25) is 4.79 Å². The first-order valence-corrected chi connectivity index (χ1v) is 8.17. The summed E-state index contributed by atoms with van der Waals surface area (Å²) in [6.45, 7) is 2.01. The average Bonchev–Trinajstić information content (AvgIpc) is 2.63. The average molecular weight is 336 g/mol. The molecule has 0 aliphatic rings. The molecule has 3 heteroatoms. The number of rotatable bonds is 4. The van der Waals surface area contributed by atoms with E-state index in [4.69, 9.17) is 11.6 Å². The van der Waals surface area contributed by atoms with E-state index < -0.39 is 5.54 Å². The van der Waals surface area contributed by atoms with E-state index >= 15 is 0 Å². The molecule has 0 unspecified atom stereocenters. The lowest BCUT2D eigenvalue weighted by Crippen LogP contribution is -2.44. The van der Waals surface area contributed by atoms with Crippen LogP contribution in [0.5, 0.6) is 0 Å². The Bertz CT molecular complexity index is 791. The van der Waals surface area contributed by atoms with E-state index in [1.165, 1.54) is 0 Å². The van der Waals surface area contributed by atoms with Crippen molar-refractivity contribution < 1.29 is 4.79 Å². The Labute approximate surface area is 147 Å². The Hall–Kier alpha value is -2.58. The van der Waals surface area contributed by atoms with Crippen LogP contribution in [0.25, 0.3) is 0 Å². The molecule has 0 bridgehead atoms. The molecule has 3 rings (SSSR count). The molecular weight excluding hydrogens is 318 g/mol. The van der Waals surface area contributed by atoms with Gasteiger partial charge in [0.2, 0.25) is 0 Å². The van der Waals surface area contributed by atoms with Gasteiger partial charge in [0.25, 0.3) is 5.91 Å². The summed E-state index contributed by atoms with van der Waals surface area (Å²) >= 11 is 6.18. The monoisotopic (exact) mass is 335 g/mol. The van der Waals surface area contributed by atoms with Gasteiger partial charge in [-0.1, -0.05) is 84.4 Å². The maximum absolute atomic E-state index is 12.8. The standard InChI is InChI=1S/C21H18ClNO/c1-21(16-10-4-2-5-11-16,17-12-6-3-7-13-17)23-20(24)18-14-8-9-15-19(18)22/h2-15H,1H3,(H,23,24). The molecule has 0 radical (unpaired) electrons. The van der Waals surface area contributed by atoms with Crippen molar-refractivity contribution in [3.63, 3.8) is 0 Å². The summed E-state index contributed by atoms with van der Waals surface area (Å²) in [6, 6.07) is 26.9. The molecular formula is C21H18ClNO. The summed E-state index contributed by atoms with van der Waals surface area (Å²) in [4.78, 5) is 12.8. The highest BCUT2D eigenvalue weighted by molar-refractivity contribution is 6.33. The van der Waals surface area contributed by atoms with Crippen molar-refractivity contribution in [1.29, 1.82) is 0 Å². The third-order valence-corrected chi connectivity index (χ3v) is 4.51. The van der Waals surface area contributed by atoms with Gasteiger partial charge in [-0.05, 0) is 30.2 Å². The maximum atomic E-state index is 12.8. The number of hydrogen-bond acceptors (Lipinski definition) is 1. The largest absolute Gasteiger partial charge is 0.339 e. The van der Waals surface area contributed by atoms with Crippen LogP contribution in [0.2, 0.25) is 5.02 Å². The lowest BCUT2D eigenvalue weighted by molar-refractivity contribution is 0.0919. The Kier molecular flexibility index (Phi) is 4.68. The number of carbonyl (C=O) groups is 1. The van der Waals surface area contributed by atoms with Crippen LogP contribution < -0.4 is 5.32 Å². The first kappa shape index (κ1) is 16.3. The predicted octanol–water partition coefficient (Wildman–Crippen LogP) is 5.03. The highest BCUT2D eigenvalue weighted by Crippen LogP contribution is 2.30. The minimum absolute atomic E-state index is 0.198. The molecule has 0 aromatic heterocycles. The molecule has 0 fully saturated rings. The third-order valence-electron chi connectivity index (χ3n) is 4.18. The molecule has 0 aliphatic heterocycles. The summed E-state index contributed by atoms with van der Waals surface area (Å²) in [6.07, 6.45) is 0. The number of benzene rings is 3. The van der Waals surface area contributed by atoms with Crippen LogP contribution in [0.15, 0.2) is 84.9 Å². The van der Waals surface area contributed by atoms with Crippen molar-refractivity contribution in [2.45, 2.75) is 12.5 Å². The zero-order valence-corrected chi connectivity index (χ0v) is 14.1. The van der Waals surface area contributed by atoms with Crippen molar-refractivity contribution in [2.24, 2.45) is 0 Å². The highest BCUT2D eigenvalue weighted by atomic mass is 35.5. The van der Waals surface area contributed by atoms with Crippen LogP contribution >= 0.6 is 11.6 Å². The predicted molar refractivity (Wildman–Crippen MR) is 98.3 cm³/mol. The van der Waals surface area contributed by atoms with Gasteiger partial charge in [0, 0.05) is 0 Å². The number of nitrogens with one attached hydrogen (secondary N) is 1. The van der Waals surface area contributed by atoms with E-state index in [0.29, 0.717) is 10.6 Å². The van der Waals surface area contributed by atoms with E-state index in [1.807, 2.05) is 79.7 Å². The molecule has 0 spiro atoms. The molecule has 3 aromatic rings. The molecule has 24 heavy (non-hydrogen) atoms. The van der Waals surface area contributed by atoms with E-state index in [0.717, 1.165) is 11.1 Å². The Morgan fingerprint density at radius 3 is 1.75 bits per heavy atom. The van der Waals surface area contributed by atoms with Gasteiger partial charge in [0.05, 0.1) is 16.1 Å². The van der Waals surface area contributed by atoms with Crippen molar-refractivity contribution in [3.05, 3.63) is 107 Å². The van der Waals surface area contributed by atoms with E-state index in [2.05, 4.69) is 5.32 Å². The lowest BCUT2D eigenvalue weighted by atomic mass is 9.84.